The Labute approximate surface area is 155 Å². The lowest BCUT2D eigenvalue weighted by molar-refractivity contribution is 0.112. The monoisotopic (exact) mass is 390 g/mol. The predicted molar refractivity (Wildman–Crippen MR) is 99.5 cm³/mol. The smallest absolute Gasteiger partial charge is 0.307 e. The third-order valence-corrected chi connectivity index (χ3v) is 7.72. The molecule has 1 heterocycles. The Morgan fingerprint density at radius 2 is 1.69 bits per heavy atom. The number of thiophene rings is 1. The van der Waals surface area contributed by atoms with Gasteiger partial charge in [-0.2, -0.15) is 0 Å². The van der Waals surface area contributed by atoms with Gasteiger partial charge < -0.3 is 5.32 Å². The van der Waals surface area contributed by atoms with Crippen LogP contribution in [0.3, 0.4) is 0 Å². The van der Waals surface area contributed by atoms with Gasteiger partial charge in [0.25, 0.3) is 10.0 Å². The number of urea groups is 1. The zero-order chi connectivity index (χ0) is 18.3. The van der Waals surface area contributed by atoms with E-state index in [2.05, 4.69) is 16.1 Å². The summed E-state index contributed by atoms with van der Waals surface area (Å²) in [7, 11) is -4.00. The van der Waals surface area contributed by atoms with Gasteiger partial charge in [-0.05, 0) is 66.8 Å². The van der Waals surface area contributed by atoms with E-state index in [0.717, 1.165) is 66.7 Å². The van der Waals surface area contributed by atoms with Crippen LogP contribution in [0.2, 0.25) is 0 Å². The van der Waals surface area contributed by atoms with Crippen molar-refractivity contribution in [2.24, 2.45) is 0 Å². The number of anilines is 1. The molecule has 2 aliphatic carbocycles. The molecule has 136 valence electrons. The molecule has 0 fully saturated rings. The molecule has 6 nitrogen and oxygen atoms in total. The topological polar surface area (TPSA) is 92.3 Å². The molecule has 0 aliphatic heterocycles. The Morgan fingerprint density at radius 3 is 2.27 bits per heavy atom. The third kappa shape index (κ3) is 3.03. The van der Waals surface area contributed by atoms with Gasteiger partial charge in [-0.1, -0.05) is 6.07 Å². The number of hydrogen-bond donors (Lipinski definition) is 2. The summed E-state index contributed by atoms with van der Waals surface area (Å²) in [6, 6.07) is 2.74. The Bertz CT molecular complexity index is 976. The highest BCUT2D eigenvalue weighted by molar-refractivity contribution is 7.92. The van der Waals surface area contributed by atoms with Crippen LogP contribution in [0, 0.1) is 0 Å². The zero-order valence-corrected chi connectivity index (χ0v) is 15.6. The van der Waals surface area contributed by atoms with Crippen molar-refractivity contribution in [1.82, 2.24) is 4.72 Å². The van der Waals surface area contributed by atoms with Gasteiger partial charge in [0.15, 0.2) is 6.29 Å². The summed E-state index contributed by atoms with van der Waals surface area (Å²) >= 11 is 0.908. The van der Waals surface area contributed by atoms with Crippen molar-refractivity contribution >= 4 is 39.4 Å². The largest absolute Gasteiger partial charge is 0.333 e. The lowest BCUT2D eigenvalue weighted by atomic mass is 9.99. The van der Waals surface area contributed by atoms with Gasteiger partial charge in [-0.15, -0.1) is 11.3 Å². The average molecular weight is 390 g/mol. The highest BCUT2D eigenvalue weighted by atomic mass is 32.2. The molecule has 8 heteroatoms. The van der Waals surface area contributed by atoms with Crippen molar-refractivity contribution in [3.05, 3.63) is 45.3 Å². The number of fused-ring (bicyclic) bond motifs is 2. The van der Waals surface area contributed by atoms with Gasteiger partial charge in [-0.3, -0.25) is 4.79 Å². The molecule has 2 aromatic rings. The summed E-state index contributed by atoms with van der Waals surface area (Å²) in [6.07, 6.45) is 6.48. The number of sulfonamides is 1. The molecule has 2 aliphatic rings. The van der Waals surface area contributed by atoms with Gasteiger partial charge >= 0.3 is 6.03 Å². The summed E-state index contributed by atoms with van der Waals surface area (Å²) < 4.78 is 26.7. The van der Waals surface area contributed by atoms with Gasteiger partial charge in [0.1, 0.15) is 4.21 Å². The molecule has 0 atom stereocenters. The van der Waals surface area contributed by atoms with Gasteiger partial charge in [-0.25, -0.2) is 17.9 Å². The fourth-order valence-corrected chi connectivity index (χ4v) is 5.85. The Balaban J connectivity index is 1.59. The Hall–Kier alpha value is -2.19. The number of aldehydes is 1. The third-order valence-electron chi connectivity index (χ3n) is 4.94. The molecule has 1 aromatic carbocycles. The first-order valence-corrected chi connectivity index (χ1v) is 10.9. The first kappa shape index (κ1) is 17.2. The normalized spacial score (nSPS) is 15.4. The minimum atomic E-state index is -4.00. The molecule has 0 saturated carbocycles. The quantitative estimate of drug-likeness (QED) is 0.785. The first-order valence-electron chi connectivity index (χ1n) is 8.52. The van der Waals surface area contributed by atoms with Crippen molar-refractivity contribution in [2.75, 3.05) is 5.32 Å². The second-order valence-electron chi connectivity index (χ2n) is 6.61. The van der Waals surface area contributed by atoms with Crippen LogP contribution >= 0.6 is 11.3 Å². The SMILES string of the molecule is O=Cc1csc(S(=O)(=O)NC(=O)Nc2c3c(cc4c2CCC4)CCC3)c1. The molecule has 0 saturated heterocycles. The molecule has 2 amide bonds. The second kappa shape index (κ2) is 6.51. The maximum absolute atomic E-state index is 12.4. The summed E-state index contributed by atoms with van der Waals surface area (Å²) in [5, 5.41) is 4.24. The lowest BCUT2D eigenvalue weighted by Crippen LogP contribution is -2.34. The standard InChI is InChI=1S/C18H18N2O4S2/c21-9-11-7-16(25-10-11)26(23,24)20-18(22)19-17-14-5-1-3-12(14)8-13-4-2-6-15(13)17/h7-10H,1-6H2,(H2,19,20,22). The molecular weight excluding hydrogens is 372 g/mol. The van der Waals surface area contributed by atoms with Crippen molar-refractivity contribution < 1.29 is 18.0 Å². The predicted octanol–water partition coefficient (Wildman–Crippen LogP) is 3.05. The molecule has 0 spiro atoms. The van der Waals surface area contributed by atoms with Crippen molar-refractivity contribution in [1.29, 1.82) is 0 Å². The van der Waals surface area contributed by atoms with Crippen LogP contribution in [0.25, 0.3) is 0 Å². The molecular formula is C18H18N2O4S2. The van der Waals surface area contributed by atoms with E-state index in [1.165, 1.54) is 22.6 Å². The number of carbonyl (C=O) groups excluding carboxylic acids is 2. The van der Waals surface area contributed by atoms with E-state index in [9.17, 15) is 18.0 Å². The number of amides is 2. The highest BCUT2D eigenvalue weighted by Crippen LogP contribution is 2.38. The lowest BCUT2D eigenvalue weighted by Gasteiger charge is -2.16. The number of rotatable bonds is 4. The number of benzene rings is 1. The molecule has 0 unspecified atom stereocenters. The zero-order valence-electron chi connectivity index (χ0n) is 14.0. The van der Waals surface area contributed by atoms with Crippen LogP contribution in [0.4, 0.5) is 10.5 Å². The number of aryl methyl sites for hydroxylation is 2. The van der Waals surface area contributed by atoms with E-state index in [1.807, 2.05) is 0 Å². The summed E-state index contributed by atoms with van der Waals surface area (Å²) in [5.74, 6) is 0. The van der Waals surface area contributed by atoms with E-state index in [4.69, 9.17) is 0 Å². The van der Waals surface area contributed by atoms with Crippen LogP contribution in [0.5, 0.6) is 0 Å². The van der Waals surface area contributed by atoms with Gasteiger partial charge in [0.2, 0.25) is 0 Å². The van der Waals surface area contributed by atoms with Crippen molar-refractivity contribution in [3.8, 4) is 0 Å². The van der Waals surface area contributed by atoms with Crippen LogP contribution in [-0.4, -0.2) is 20.7 Å². The first-order chi connectivity index (χ1) is 12.5. The number of hydrogen-bond acceptors (Lipinski definition) is 5. The number of carbonyl (C=O) groups is 2. The van der Waals surface area contributed by atoms with Crippen LogP contribution < -0.4 is 10.0 Å². The minimum Gasteiger partial charge on any atom is -0.307 e. The van der Waals surface area contributed by atoms with E-state index in [0.29, 0.717) is 6.29 Å². The van der Waals surface area contributed by atoms with E-state index in [-0.39, 0.29) is 9.77 Å². The summed E-state index contributed by atoms with van der Waals surface area (Å²) in [5.41, 5.74) is 5.86. The number of nitrogens with one attached hydrogen (secondary N) is 2. The van der Waals surface area contributed by atoms with Crippen molar-refractivity contribution in [2.45, 2.75) is 42.7 Å². The van der Waals surface area contributed by atoms with Crippen LogP contribution in [0.15, 0.2) is 21.7 Å². The summed E-state index contributed by atoms with van der Waals surface area (Å²) in [6.45, 7) is 0. The van der Waals surface area contributed by atoms with E-state index in [1.54, 1.807) is 0 Å². The average Bonchev–Trinajstić information content (AvgIpc) is 3.33. The molecule has 26 heavy (non-hydrogen) atoms. The van der Waals surface area contributed by atoms with E-state index < -0.39 is 16.1 Å². The van der Waals surface area contributed by atoms with Gasteiger partial charge in [0.05, 0.1) is 0 Å². The molecule has 0 radical (unpaired) electrons. The maximum atomic E-state index is 12.4. The molecule has 2 N–H and O–H groups in total. The maximum Gasteiger partial charge on any atom is 0.333 e. The highest BCUT2D eigenvalue weighted by Gasteiger charge is 2.26. The minimum absolute atomic E-state index is 0.0572. The molecule has 1 aromatic heterocycles. The van der Waals surface area contributed by atoms with Gasteiger partial charge in [0, 0.05) is 16.6 Å². The summed E-state index contributed by atoms with van der Waals surface area (Å²) in [4.78, 5) is 23.2. The second-order valence-corrected chi connectivity index (χ2v) is 9.43. The van der Waals surface area contributed by atoms with Crippen LogP contribution in [-0.2, 0) is 35.7 Å². The Kier molecular flexibility index (Phi) is 4.32. The fraction of sp³-hybridized carbons (Fsp3) is 0.333. The fourth-order valence-electron chi connectivity index (χ4n) is 3.81. The molecule has 0 bridgehead atoms. The molecule has 4 rings (SSSR count). The van der Waals surface area contributed by atoms with Crippen LogP contribution in [0.1, 0.15) is 45.5 Å². The van der Waals surface area contributed by atoms with Crippen molar-refractivity contribution in [3.63, 3.8) is 0 Å². The Morgan fingerprint density at radius 1 is 1.04 bits per heavy atom. The van der Waals surface area contributed by atoms with E-state index >= 15 is 0 Å².